The molecule has 27 heteroatoms. The molecule has 0 radical (unpaired) electrons. The molecular formula is C68H128N10O6P10Si. The van der Waals surface area contributed by atoms with Crippen molar-refractivity contribution in [2.75, 3.05) is 119 Å². The Labute approximate surface area is 598 Å². The fraction of sp³-hybridized carbons (Fsp3) is 0.750. The third-order valence-electron chi connectivity index (χ3n) is 20.4. The van der Waals surface area contributed by atoms with Gasteiger partial charge in [0, 0.05) is 125 Å². The molecular weight excluding hydrogens is 1390 g/mol. The average molecular weight is 1520 g/mol. The van der Waals surface area contributed by atoms with Crippen molar-refractivity contribution in [2.45, 2.75) is 166 Å². The van der Waals surface area contributed by atoms with E-state index in [0.29, 0.717) is 41.0 Å². The first-order chi connectivity index (χ1) is 45.8. The predicted octanol–water partition coefficient (Wildman–Crippen LogP) is 13.0. The van der Waals surface area contributed by atoms with E-state index in [0.717, 1.165) is 163 Å². The molecule has 12 rings (SSSR count). The smallest absolute Gasteiger partial charge is 0.249 e. The molecule has 1 aromatic carbocycles. The maximum Gasteiger partial charge on any atom is 0.249 e. The summed E-state index contributed by atoms with van der Waals surface area (Å²) in [6.07, 6.45) is 35.4. The van der Waals surface area contributed by atoms with Crippen molar-refractivity contribution >= 4 is 127 Å². The number of carbonyl (C=O) groups is 5. The van der Waals surface area contributed by atoms with Gasteiger partial charge in [-0.1, -0.05) is 135 Å². The van der Waals surface area contributed by atoms with Gasteiger partial charge in [0.15, 0.2) is 0 Å². The summed E-state index contributed by atoms with van der Waals surface area (Å²) in [6, 6.07) is 13.6. The number of nitrogens with zero attached hydrogens (tertiary/aromatic N) is 9. The number of likely N-dealkylation sites (N-methyl/N-ethyl adjacent to an activating group) is 2. The Bertz CT molecular complexity index is 2430. The summed E-state index contributed by atoms with van der Waals surface area (Å²) < 4.78 is 19.0. The van der Waals surface area contributed by atoms with Crippen molar-refractivity contribution in [1.29, 1.82) is 0 Å². The molecule has 1 aromatic rings. The third kappa shape index (κ3) is 32.5. The zero-order chi connectivity index (χ0) is 69.0. The van der Waals surface area contributed by atoms with E-state index in [-0.39, 0.29) is 23.8 Å². The van der Waals surface area contributed by atoms with Crippen LogP contribution in [0.25, 0.3) is 0 Å². The van der Waals surface area contributed by atoms with Gasteiger partial charge in [-0.05, 0) is 223 Å². The Hall–Kier alpha value is 0.387. The number of carbonyl (C=O) groups excluding carboxylic acids is 5. The average Bonchev–Trinajstić information content (AvgIpc) is 1.72. The molecule has 3 amide bonds. The maximum absolute atomic E-state index is 12.5. The van der Waals surface area contributed by atoms with Gasteiger partial charge in [0.25, 0.3) is 0 Å². The summed E-state index contributed by atoms with van der Waals surface area (Å²) >= 11 is 0. The number of nitrogens with one attached hydrogen (secondary N) is 1. The summed E-state index contributed by atoms with van der Waals surface area (Å²) in [7, 11) is 24.9. The highest BCUT2D eigenvalue weighted by Crippen LogP contribution is 2.41. The molecule has 0 spiro atoms. The molecule has 10 heterocycles. The molecule has 0 bridgehead atoms. The Kier molecular flexibility index (Phi) is 44.5. The lowest BCUT2D eigenvalue weighted by molar-refractivity contribution is -0.130. The number of hydrogen-bond donors (Lipinski definition) is 1. The van der Waals surface area contributed by atoms with E-state index >= 15 is 0 Å². The lowest BCUT2D eigenvalue weighted by atomic mass is 9.90. The van der Waals surface area contributed by atoms with Gasteiger partial charge in [0.1, 0.15) is 12.6 Å². The number of rotatable bonds is 14. The molecule has 1 aliphatic carbocycles. The van der Waals surface area contributed by atoms with Crippen LogP contribution in [-0.2, 0) is 35.3 Å². The number of amides is 3. The first kappa shape index (κ1) is 86.0. The van der Waals surface area contributed by atoms with Gasteiger partial charge in [-0.15, -0.1) is 0 Å². The second kappa shape index (κ2) is 49.2. The highest BCUT2D eigenvalue weighted by molar-refractivity contribution is 8.02. The quantitative estimate of drug-likeness (QED) is 0.0623. The van der Waals surface area contributed by atoms with E-state index in [1.165, 1.54) is 128 Å². The van der Waals surface area contributed by atoms with Crippen molar-refractivity contribution in [2.24, 2.45) is 41.4 Å². The van der Waals surface area contributed by atoms with Crippen LogP contribution in [-0.4, -0.2) is 219 Å². The van der Waals surface area contributed by atoms with Crippen molar-refractivity contribution in [3.8, 4) is 0 Å². The Morgan fingerprint density at radius 3 is 1.97 bits per heavy atom. The molecule has 11 aliphatic rings. The lowest BCUT2D eigenvalue weighted by Crippen LogP contribution is -2.33. The Balaban J connectivity index is 0.000000200. The van der Waals surface area contributed by atoms with E-state index in [1.807, 2.05) is 28.5 Å². The fourth-order valence-electron chi connectivity index (χ4n) is 14.9. The number of hydrogen-bond acceptors (Lipinski definition) is 13. The molecule has 10 aliphatic heterocycles. The summed E-state index contributed by atoms with van der Waals surface area (Å²) in [5, 5.41) is 2.72. The number of methoxy groups -OCH3 is 1. The molecule has 0 aromatic heterocycles. The minimum absolute atomic E-state index is 0.0440. The Morgan fingerprint density at radius 2 is 1.28 bits per heavy atom. The van der Waals surface area contributed by atoms with Gasteiger partial charge in [-0.2, -0.15) is 0 Å². The van der Waals surface area contributed by atoms with Crippen molar-refractivity contribution < 1.29 is 28.7 Å². The standard InChI is InChI=1S/C15H22N2OP2.C9H15NO2.C9H15N.2C8H19N2P3.C7H18OSi.C6H11NOP2.C6H9NO/c18-15-14-11-16(9-12-5-2-1-3-6-12)10-13(14)7-4-8-17(15)20-19;1-10-5-4-8(3-2-6-11)9(10)7-12;1-10-7-6-8-4-2-3-5-9(8)10;11-10-5-3-7-2-1-4-9(13-12)6-8(7)10;11-9-4-7-2-1-3-10(13-12)6-8(7)5-9;1-8-6-5-7-9(2,3)4;8-6-4-2-1-3-5-7(6)10-9;8-6-4-2-1-3-5-7-6/h1-3,5-6,13-14,20H,4,7-11,19H2;6-9H,2-5H2,1H3;3,5,8-9H,2,4,6-7H2,1H3;2*7-8,13H,1-6,11-12H2;5-7H2,1-4H3;2,4,10H,1,3,5,9H2;2,4H,1,3,5H2,(H,7,8). The van der Waals surface area contributed by atoms with Gasteiger partial charge in [0.2, 0.25) is 17.7 Å². The molecule has 540 valence electrons. The van der Waals surface area contributed by atoms with Crippen LogP contribution in [0.5, 0.6) is 0 Å². The summed E-state index contributed by atoms with van der Waals surface area (Å²) in [4.78, 5) is 61.9. The van der Waals surface area contributed by atoms with Crippen LogP contribution in [0.2, 0.25) is 25.7 Å². The van der Waals surface area contributed by atoms with E-state index < -0.39 is 8.07 Å². The normalized spacial score (nSPS) is 29.4. The van der Waals surface area contributed by atoms with Gasteiger partial charge in [0.05, 0.1) is 12.0 Å². The molecule has 16 nitrogen and oxygen atoms in total. The molecule has 20 atom stereocenters. The number of benzene rings is 1. The molecule has 0 saturated carbocycles. The molecule has 1 N–H and O–H groups in total. The summed E-state index contributed by atoms with van der Waals surface area (Å²) in [5.74, 6) is 5.66. The van der Waals surface area contributed by atoms with Crippen molar-refractivity contribution in [1.82, 2.24) is 48.0 Å². The number of ether oxygens (including phenoxy) is 1. The lowest BCUT2D eigenvalue weighted by Gasteiger charge is -2.26. The highest BCUT2D eigenvalue weighted by atomic mass is 32.0. The minimum atomic E-state index is -0.774. The second-order valence-corrected chi connectivity index (χ2v) is 42.1. The minimum Gasteiger partial charge on any atom is -0.385 e. The van der Waals surface area contributed by atoms with Gasteiger partial charge in [-0.3, -0.25) is 47.8 Å². The van der Waals surface area contributed by atoms with Crippen molar-refractivity contribution in [3.05, 3.63) is 72.4 Å². The number of likely N-dealkylation sites (tertiary alicyclic amines) is 3. The van der Waals surface area contributed by atoms with Crippen LogP contribution in [0.3, 0.4) is 0 Å². The van der Waals surface area contributed by atoms with E-state index in [4.69, 9.17) is 4.74 Å². The third-order valence-corrected chi connectivity index (χ3v) is 30.4. The SMILES string of the molecule is CN1CCC(CCC=O)C1C=O.CN1CCC2CCC=CC21.COCCC[Si](C)(C)C.O=C1C2CN(Cc3ccccc3)CC2CCCN1PP.O=C1C=CCCCN1.O=C1C=CCCCN1PP.PPN1CCCC2CCN(P)C2C1.PPN1CCCC2CN(P)CC2C1. The monoisotopic (exact) mass is 1520 g/mol. The molecule has 95 heavy (non-hydrogen) atoms. The summed E-state index contributed by atoms with van der Waals surface area (Å²) in [6.45, 7) is 25.2. The van der Waals surface area contributed by atoms with Gasteiger partial charge < -0.3 is 29.0 Å². The van der Waals surface area contributed by atoms with Crippen LogP contribution >= 0.6 is 88.2 Å². The number of aldehydes is 2. The predicted molar refractivity (Wildman–Crippen MR) is 435 cm³/mol. The molecule has 8 fully saturated rings. The number of fused-ring (bicyclic) bond motifs is 4. The zero-order valence-electron chi connectivity index (χ0n) is 59.0. The Morgan fingerprint density at radius 1 is 0.632 bits per heavy atom. The second-order valence-electron chi connectivity index (χ2n) is 28.7. The zero-order valence-corrected chi connectivity index (χ0v) is 70.9. The largest absolute Gasteiger partial charge is 0.385 e. The first-order valence-corrected chi connectivity index (χ1v) is 51.4. The molecule has 8 saturated heterocycles. The maximum atomic E-state index is 12.5. The van der Waals surface area contributed by atoms with Crippen LogP contribution < -0.4 is 5.32 Å². The van der Waals surface area contributed by atoms with Gasteiger partial charge >= 0.3 is 0 Å². The number of allylic oxidation sites excluding steroid dienone is 3. The highest BCUT2D eigenvalue weighted by Gasteiger charge is 2.41. The fourth-order valence-corrected chi connectivity index (χ4v) is 22.3. The van der Waals surface area contributed by atoms with Crippen molar-refractivity contribution in [3.63, 3.8) is 0 Å². The van der Waals surface area contributed by atoms with E-state index in [9.17, 15) is 24.0 Å². The van der Waals surface area contributed by atoms with Crippen LogP contribution in [0.15, 0.2) is 66.8 Å². The summed E-state index contributed by atoms with van der Waals surface area (Å²) in [5.41, 5.74) is 1.35. The van der Waals surface area contributed by atoms with Crippen LogP contribution in [0.4, 0.5) is 0 Å². The molecule has 20 unspecified atom stereocenters. The van der Waals surface area contributed by atoms with Crippen LogP contribution in [0.1, 0.15) is 121 Å². The van der Waals surface area contributed by atoms with E-state index in [1.54, 1.807) is 19.3 Å². The van der Waals surface area contributed by atoms with E-state index in [2.05, 4.69) is 162 Å². The van der Waals surface area contributed by atoms with Crippen LogP contribution in [0, 0.1) is 41.4 Å². The first-order valence-electron chi connectivity index (χ1n) is 35.7. The topological polar surface area (TPSA) is 136 Å². The van der Waals surface area contributed by atoms with Gasteiger partial charge in [-0.25, -0.2) is 0 Å².